The molecule has 0 spiro atoms. The van der Waals surface area contributed by atoms with Gasteiger partial charge in [0.1, 0.15) is 23.5 Å². The van der Waals surface area contributed by atoms with Gasteiger partial charge in [-0.25, -0.2) is 14.6 Å². The molecule has 3 heterocycles. The number of nitrogens with zero attached hydrogens (tertiary/aromatic N) is 5. The topological polar surface area (TPSA) is 56.1 Å². The number of allylic oxidation sites excluding steroid dienone is 3. The van der Waals surface area contributed by atoms with Crippen LogP contribution in [-0.4, -0.2) is 39.1 Å². The maximum Gasteiger partial charge on any atom is 0.185 e. The number of benzene rings is 1. The molecule has 2 radical (unpaired) electrons. The zero-order chi connectivity index (χ0) is 20.9. The Bertz CT molecular complexity index is 1130. The van der Waals surface area contributed by atoms with Gasteiger partial charge in [0.05, 0.1) is 11.6 Å². The predicted octanol–water partition coefficient (Wildman–Crippen LogP) is 4.03. The van der Waals surface area contributed by atoms with Gasteiger partial charge in [0.15, 0.2) is 13.6 Å². The van der Waals surface area contributed by atoms with E-state index in [0.717, 1.165) is 48.1 Å². The first-order chi connectivity index (χ1) is 14.7. The highest BCUT2D eigenvalue weighted by atomic mass is 16.5. The minimum Gasteiger partial charge on any atom is -0.458 e. The average Bonchev–Trinajstić information content (AvgIpc) is 3.17. The van der Waals surface area contributed by atoms with Gasteiger partial charge in [-0.2, -0.15) is 5.10 Å². The summed E-state index contributed by atoms with van der Waals surface area (Å²) >= 11 is 0. The molecule has 0 saturated carbocycles. The van der Waals surface area contributed by atoms with E-state index in [1.165, 1.54) is 0 Å². The van der Waals surface area contributed by atoms with Gasteiger partial charge in [-0.05, 0) is 75.2 Å². The molecule has 1 aromatic carbocycles. The third-order valence-electron chi connectivity index (χ3n) is 5.16. The van der Waals surface area contributed by atoms with Crippen LogP contribution in [0.15, 0.2) is 60.8 Å². The molecule has 1 aliphatic rings. The van der Waals surface area contributed by atoms with Crippen LogP contribution in [0.4, 0.5) is 0 Å². The van der Waals surface area contributed by atoms with E-state index in [4.69, 9.17) is 24.2 Å². The van der Waals surface area contributed by atoms with E-state index in [-0.39, 0.29) is 6.17 Å². The standard InChI is InChI=1S/C23H22BN5O/c1-3-5-8-18(4-2)30-19-12-10-17(11-13-19)22-20-15-25-16-26-23(20)29(27-22)21-9-6-7-14-28(21)24/h1,4-5,8,10-13,15-16,21H,6-7,9,14H2,2H3/b8-5-,18-4+/t21-/m0/s1. The monoisotopic (exact) mass is 395 g/mol. The lowest BCUT2D eigenvalue weighted by molar-refractivity contribution is 0.184. The Morgan fingerprint density at radius 2 is 2.13 bits per heavy atom. The second-order valence-corrected chi connectivity index (χ2v) is 7.08. The maximum atomic E-state index is 6.25. The number of hydrogen-bond acceptors (Lipinski definition) is 5. The normalized spacial score (nSPS) is 18.0. The molecule has 0 aliphatic carbocycles. The third-order valence-corrected chi connectivity index (χ3v) is 5.16. The molecule has 1 fully saturated rings. The number of fused-ring (bicyclic) bond motifs is 1. The van der Waals surface area contributed by atoms with Crippen molar-refractivity contribution in [3.05, 3.63) is 60.8 Å². The van der Waals surface area contributed by atoms with Crippen molar-refractivity contribution in [1.29, 1.82) is 0 Å². The lowest BCUT2D eigenvalue weighted by atomic mass is 10.0. The Labute approximate surface area is 177 Å². The Morgan fingerprint density at radius 3 is 2.87 bits per heavy atom. The summed E-state index contributed by atoms with van der Waals surface area (Å²) in [5, 5.41) is 5.79. The molecule has 1 aliphatic heterocycles. The van der Waals surface area contributed by atoms with Crippen molar-refractivity contribution in [1.82, 2.24) is 24.6 Å². The van der Waals surface area contributed by atoms with Crippen molar-refractivity contribution in [2.24, 2.45) is 0 Å². The van der Waals surface area contributed by atoms with Crippen LogP contribution in [0.3, 0.4) is 0 Å². The van der Waals surface area contributed by atoms with Crippen LogP contribution < -0.4 is 4.74 Å². The molecule has 7 heteroatoms. The fourth-order valence-corrected chi connectivity index (χ4v) is 3.64. The fourth-order valence-electron chi connectivity index (χ4n) is 3.64. The zero-order valence-electron chi connectivity index (χ0n) is 16.9. The molecule has 0 unspecified atom stereocenters. The van der Waals surface area contributed by atoms with Crippen LogP contribution in [-0.2, 0) is 0 Å². The third kappa shape index (κ3) is 4.00. The Balaban J connectivity index is 1.67. The van der Waals surface area contributed by atoms with Crippen molar-refractivity contribution in [3.8, 4) is 29.4 Å². The minimum atomic E-state index is -0.00676. The van der Waals surface area contributed by atoms with Crippen LogP contribution >= 0.6 is 0 Å². The van der Waals surface area contributed by atoms with Crippen molar-refractivity contribution in [2.45, 2.75) is 32.4 Å². The summed E-state index contributed by atoms with van der Waals surface area (Å²) in [6.45, 7) is 2.75. The number of ether oxygens (including phenoxy) is 1. The molecule has 1 atom stereocenters. The number of aromatic nitrogens is 4. The van der Waals surface area contributed by atoms with Crippen molar-refractivity contribution in [2.75, 3.05) is 6.54 Å². The fraction of sp³-hybridized carbons (Fsp3) is 0.261. The molecule has 2 aromatic heterocycles. The van der Waals surface area contributed by atoms with Crippen LogP contribution in [0, 0.1) is 12.3 Å². The zero-order valence-corrected chi connectivity index (χ0v) is 16.9. The molecule has 0 N–H and O–H groups in total. The Hall–Kier alpha value is -3.37. The highest BCUT2D eigenvalue weighted by molar-refractivity contribution is 6.04. The number of terminal acetylenes is 1. The smallest absolute Gasteiger partial charge is 0.185 e. The highest BCUT2D eigenvalue weighted by Gasteiger charge is 2.25. The molecule has 0 amide bonds. The van der Waals surface area contributed by atoms with E-state index in [1.54, 1.807) is 24.7 Å². The molecule has 148 valence electrons. The first kappa shape index (κ1) is 19.9. The second kappa shape index (κ2) is 8.97. The molecular weight excluding hydrogens is 373 g/mol. The van der Waals surface area contributed by atoms with Gasteiger partial charge >= 0.3 is 0 Å². The van der Waals surface area contributed by atoms with E-state index >= 15 is 0 Å². The predicted molar refractivity (Wildman–Crippen MR) is 118 cm³/mol. The maximum absolute atomic E-state index is 6.25. The Morgan fingerprint density at radius 1 is 1.30 bits per heavy atom. The first-order valence-electron chi connectivity index (χ1n) is 9.98. The van der Waals surface area contributed by atoms with Crippen LogP contribution in [0.5, 0.6) is 5.75 Å². The second-order valence-electron chi connectivity index (χ2n) is 7.08. The van der Waals surface area contributed by atoms with Gasteiger partial charge in [-0.3, -0.25) is 0 Å². The SMILES string of the molecule is [B]N1CCCC[C@@H]1n1nc(-c2ccc(OC(/C=C\C#C)=C/C)cc2)c2cncnc21. The van der Waals surface area contributed by atoms with Crippen molar-refractivity contribution < 1.29 is 4.74 Å². The largest absolute Gasteiger partial charge is 0.458 e. The van der Waals surface area contributed by atoms with Crippen molar-refractivity contribution >= 4 is 19.0 Å². The number of rotatable bonds is 5. The van der Waals surface area contributed by atoms with E-state index in [1.807, 2.05) is 46.8 Å². The first-order valence-corrected chi connectivity index (χ1v) is 9.98. The number of hydrogen-bond donors (Lipinski definition) is 0. The van der Waals surface area contributed by atoms with E-state index < -0.39 is 0 Å². The quantitative estimate of drug-likeness (QED) is 0.283. The molecule has 3 aromatic rings. The minimum absolute atomic E-state index is 0.00676. The van der Waals surface area contributed by atoms with Crippen LogP contribution in [0.1, 0.15) is 32.4 Å². The van der Waals surface area contributed by atoms with Crippen LogP contribution in [0.25, 0.3) is 22.3 Å². The summed E-state index contributed by atoms with van der Waals surface area (Å²) in [5.74, 6) is 3.86. The molecule has 0 bridgehead atoms. The summed E-state index contributed by atoms with van der Waals surface area (Å²) in [5.41, 5.74) is 2.58. The van der Waals surface area contributed by atoms with Gasteiger partial charge < -0.3 is 9.55 Å². The lowest BCUT2D eigenvalue weighted by Gasteiger charge is -2.33. The van der Waals surface area contributed by atoms with E-state index in [2.05, 4.69) is 15.9 Å². The highest BCUT2D eigenvalue weighted by Crippen LogP contribution is 2.32. The lowest BCUT2D eigenvalue weighted by Crippen LogP contribution is -2.35. The van der Waals surface area contributed by atoms with Gasteiger partial charge in [0.2, 0.25) is 0 Å². The Kier molecular flexibility index (Phi) is 5.96. The molecule has 30 heavy (non-hydrogen) atoms. The van der Waals surface area contributed by atoms with Gasteiger partial charge in [-0.15, -0.1) is 6.42 Å². The molecule has 1 saturated heterocycles. The van der Waals surface area contributed by atoms with E-state index in [9.17, 15) is 0 Å². The summed E-state index contributed by atoms with van der Waals surface area (Å²) in [4.78, 5) is 10.5. The van der Waals surface area contributed by atoms with Crippen LogP contribution in [0.2, 0.25) is 0 Å². The van der Waals surface area contributed by atoms with Gasteiger partial charge in [0, 0.05) is 11.8 Å². The summed E-state index contributed by atoms with van der Waals surface area (Å²) in [6, 6.07) is 7.78. The average molecular weight is 395 g/mol. The summed E-state index contributed by atoms with van der Waals surface area (Å²) in [7, 11) is 6.25. The molecule has 4 rings (SSSR count). The molecule has 6 nitrogen and oxygen atoms in total. The van der Waals surface area contributed by atoms with Gasteiger partial charge in [0.25, 0.3) is 0 Å². The van der Waals surface area contributed by atoms with E-state index in [0.29, 0.717) is 11.5 Å². The molecular formula is C23H22BN5O. The van der Waals surface area contributed by atoms with Crippen molar-refractivity contribution in [3.63, 3.8) is 0 Å². The van der Waals surface area contributed by atoms with Gasteiger partial charge in [-0.1, -0.05) is 5.92 Å². The number of piperidine rings is 1. The summed E-state index contributed by atoms with van der Waals surface area (Å²) in [6.07, 6.45) is 17.0. The summed E-state index contributed by atoms with van der Waals surface area (Å²) < 4.78 is 7.79.